The van der Waals surface area contributed by atoms with Crippen LogP contribution >= 0.6 is 0 Å². The van der Waals surface area contributed by atoms with E-state index in [-0.39, 0.29) is 23.8 Å². The monoisotopic (exact) mass is 378 g/mol. The Bertz CT molecular complexity index is 895. The van der Waals surface area contributed by atoms with Crippen LogP contribution in [0.4, 0.5) is 5.69 Å². The van der Waals surface area contributed by atoms with Crippen molar-refractivity contribution in [1.29, 1.82) is 0 Å². The van der Waals surface area contributed by atoms with Crippen molar-refractivity contribution in [3.63, 3.8) is 0 Å². The molecule has 2 atom stereocenters. The quantitative estimate of drug-likeness (QED) is 0.803. The van der Waals surface area contributed by atoms with Gasteiger partial charge < -0.3 is 14.5 Å². The van der Waals surface area contributed by atoms with Crippen LogP contribution in [-0.4, -0.2) is 43.0 Å². The average Bonchev–Trinajstić information content (AvgIpc) is 3.25. The topological polar surface area (TPSA) is 49.9 Å². The summed E-state index contributed by atoms with van der Waals surface area (Å²) in [7, 11) is 1.66. The molecule has 0 saturated carbocycles. The Labute approximate surface area is 165 Å². The van der Waals surface area contributed by atoms with Crippen LogP contribution in [0.5, 0.6) is 5.75 Å². The molecule has 2 aromatic carbocycles. The van der Waals surface area contributed by atoms with Crippen LogP contribution in [0.3, 0.4) is 0 Å². The van der Waals surface area contributed by atoms with Gasteiger partial charge in [0.15, 0.2) is 0 Å². The molecule has 0 radical (unpaired) electrons. The average molecular weight is 378 g/mol. The van der Waals surface area contributed by atoms with Crippen molar-refractivity contribution in [2.75, 3.05) is 25.1 Å². The number of rotatable bonds is 5. The normalized spacial score (nSPS) is 21.1. The smallest absolute Gasteiger partial charge is 0.232 e. The second kappa shape index (κ2) is 7.66. The molecule has 0 spiro atoms. The predicted octanol–water partition coefficient (Wildman–Crippen LogP) is 3.06. The molecule has 5 nitrogen and oxygen atoms in total. The van der Waals surface area contributed by atoms with Gasteiger partial charge in [-0.3, -0.25) is 9.59 Å². The van der Waals surface area contributed by atoms with Gasteiger partial charge in [-0.05, 0) is 43.0 Å². The van der Waals surface area contributed by atoms with E-state index in [0.29, 0.717) is 19.5 Å². The molecule has 2 amide bonds. The van der Waals surface area contributed by atoms with E-state index in [1.54, 1.807) is 7.11 Å². The zero-order chi connectivity index (χ0) is 19.7. The van der Waals surface area contributed by atoms with Gasteiger partial charge >= 0.3 is 0 Å². The largest absolute Gasteiger partial charge is 0.496 e. The third-order valence-electron chi connectivity index (χ3n) is 5.85. The highest BCUT2D eigenvalue weighted by Gasteiger charge is 2.40. The molecular formula is C23H26N2O3. The maximum absolute atomic E-state index is 13.2. The fourth-order valence-corrected chi connectivity index (χ4v) is 4.42. The van der Waals surface area contributed by atoms with Crippen LogP contribution in [0.2, 0.25) is 0 Å². The number of hydrogen-bond donors (Lipinski definition) is 0. The van der Waals surface area contributed by atoms with Gasteiger partial charge in [-0.15, -0.1) is 0 Å². The molecule has 0 N–H and O–H groups in total. The number of ether oxygens (including phenoxy) is 1. The lowest BCUT2D eigenvalue weighted by Gasteiger charge is -2.26. The number of carbonyl (C=O) groups excluding carboxylic acids is 2. The molecule has 0 aliphatic carbocycles. The van der Waals surface area contributed by atoms with Gasteiger partial charge in [0, 0.05) is 31.2 Å². The number of amides is 2. The van der Waals surface area contributed by atoms with Crippen molar-refractivity contribution in [2.45, 2.75) is 32.2 Å². The highest BCUT2D eigenvalue weighted by atomic mass is 16.5. The van der Waals surface area contributed by atoms with E-state index in [2.05, 4.69) is 13.0 Å². The van der Waals surface area contributed by atoms with Gasteiger partial charge in [0.2, 0.25) is 11.8 Å². The van der Waals surface area contributed by atoms with Crippen molar-refractivity contribution in [3.05, 3.63) is 59.7 Å². The Kier molecular flexibility index (Phi) is 5.07. The van der Waals surface area contributed by atoms with Crippen molar-refractivity contribution in [3.8, 4) is 5.75 Å². The molecule has 146 valence electrons. The molecule has 5 heteroatoms. The number of likely N-dealkylation sites (tertiary alicyclic amines) is 1. The maximum atomic E-state index is 13.2. The second-order valence-corrected chi connectivity index (χ2v) is 7.69. The van der Waals surface area contributed by atoms with Gasteiger partial charge in [0.05, 0.1) is 13.0 Å². The summed E-state index contributed by atoms with van der Waals surface area (Å²) < 4.78 is 5.40. The maximum Gasteiger partial charge on any atom is 0.232 e. The van der Waals surface area contributed by atoms with E-state index in [1.165, 1.54) is 5.56 Å². The van der Waals surface area contributed by atoms with Gasteiger partial charge in [-0.1, -0.05) is 36.4 Å². The van der Waals surface area contributed by atoms with Crippen molar-refractivity contribution < 1.29 is 14.3 Å². The Morgan fingerprint density at radius 1 is 1.11 bits per heavy atom. The number of carbonyl (C=O) groups is 2. The summed E-state index contributed by atoms with van der Waals surface area (Å²) in [6.45, 7) is 3.18. The fraction of sp³-hybridized carbons (Fsp3) is 0.391. The van der Waals surface area contributed by atoms with Crippen LogP contribution in [0, 0.1) is 5.92 Å². The summed E-state index contributed by atoms with van der Waals surface area (Å²) in [5.41, 5.74) is 3.29. The van der Waals surface area contributed by atoms with E-state index in [4.69, 9.17) is 4.74 Å². The van der Waals surface area contributed by atoms with Crippen LogP contribution in [-0.2, 0) is 22.4 Å². The summed E-state index contributed by atoms with van der Waals surface area (Å²) in [4.78, 5) is 29.5. The van der Waals surface area contributed by atoms with E-state index < -0.39 is 0 Å². The van der Waals surface area contributed by atoms with E-state index in [1.807, 2.05) is 52.3 Å². The molecule has 2 unspecified atom stereocenters. The molecular weight excluding hydrogens is 352 g/mol. The minimum Gasteiger partial charge on any atom is -0.496 e. The fourth-order valence-electron chi connectivity index (χ4n) is 4.42. The Morgan fingerprint density at radius 2 is 1.86 bits per heavy atom. The molecule has 2 aliphatic rings. The van der Waals surface area contributed by atoms with Crippen LogP contribution in [0.15, 0.2) is 48.5 Å². The number of hydrogen-bond acceptors (Lipinski definition) is 3. The molecule has 0 bridgehead atoms. The van der Waals surface area contributed by atoms with Crippen LogP contribution < -0.4 is 9.64 Å². The molecule has 28 heavy (non-hydrogen) atoms. The molecule has 1 saturated heterocycles. The molecule has 2 aromatic rings. The Balaban J connectivity index is 1.43. The van der Waals surface area contributed by atoms with E-state index >= 15 is 0 Å². The van der Waals surface area contributed by atoms with Crippen molar-refractivity contribution in [2.24, 2.45) is 5.92 Å². The van der Waals surface area contributed by atoms with Gasteiger partial charge in [0.1, 0.15) is 5.75 Å². The van der Waals surface area contributed by atoms with Crippen LogP contribution in [0.1, 0.15) is 24.5 Å². The third kappa shape index (κ3) is 3.37. The number of para-hydroxylation sites is 2. The third-order valence-corrected chi connectivity index (χ3v) is 5.85. The summed E-state index contributed by atoms with van der Waals surface area (Å²) in [5, 5.41) is 0. The summed E-state index contributed by atoms with van der Waals surface area (Å²) >= 11 is 0. The lowest BCUT2D eigenvalue weighted by Crippen LogP contribution is -2.41. The lowest BCUT2D eigenvalue weighted by atomic mass is 10.1. The first-order chi connectivity index (χ1) is 13.6. The molecule has 2 aliphatic heterocycles. The zero-order valence-corrected chi connectivity index (χ0v) is 16.4. The van der Waals surface area contributed by atoms with Crippen LogP contribution in [0.25, 0.3) is 0 Å². The van der Waals surface area contributed by atoms with E-state index in [0.717, 1.165) is 29.8 Å². The van der Waals surface area contributed by atoms with Crippen molar-refractivity contribution >= 4 is 17.5 Å². The first-order valence-electron chi connectivity index (χ1n) is 9.89. The highest BCUT2D eigenvalue weighted by Crippen LogP contribution is 2.34. The summed E-state index contributed by atoms with van der Waals surface area (Å²) in [6, 6.07) is 16.1. The number of fused-ring (bicyclic) bond motifs is 1. The van der Waals surface area contributed by atoms with Gasteiger partial charge in [-0.2, -0.15) is 0 Å². The standard InChI is InChI=1S/C23H26N2O3/c1-16-13-18-8-3-5-9-20(18)25(16)23(27)19-14-22(26)24(15-19)12-11-17-7-4-6-10-21(17)28-2/h3-10,16,19H,11-15H2,1-2H3. The Morgan fingerprint density at radius 3 is 2.68 bits per heavy atom. The Hall–Kier alpha value is -2.82. The predicted molar refractivity (Wildman–Crippen MR) is 108 cm³/mol. The molecule has 4 rings (SSSR count). The number of methoxy groups -OCH3 is 1. The SMILES string of the molecule is COc1ccccc1CCN1CC(C(=O)N2c3ccccc3CC2C)CC1=O. The number of benzene rings is 2. The lowest BCUT2D eigenvalue weighted by molar-refractivity contribution is -0.128. The zero-order valence-electron chi connectivity index (χ0n) is 16.4. The molecule has 2 heterocycles. The minimum atomic E-state index is -0.265. The molecule has 0 aromatic heterocycles. The van der Waals surface area contributed by atoms with Gasteiger partial charge in [-0.25, -0.2) is 0 Å². The van der Waals surface area contributed by atoms with Crippen molar-refractivity contribution in [1.82, 2.24) is 4.90 Å². The summed E-state index contributed by atoms with van der Waals surface area (Å²) in [5.74, 6) is 0.710. The highest BCUT2D eigenvalue weighted by molar-refractivity contribution is 6.01. The first-order valence-corrected chi connectivity index (χ1v) is 9.89. The number of anilines is 1. The van der Waals surface area contributed by atoms with E-state index in [9.17, 15) is 9.59 Å². The number of nitrogens with zero attached hydrogens (tertiary/aromatic N) is 2. The van der Waals surface area contributed by atoms with Gasteiger partial charge in [0.25, 0.3) is 0 Å². The second-order valence-electron chi connectivity index (χ2n) is 7.69. The molecule has 1 fully saturated rings. The minimum absolute atomic E-state index is 0.0633. The summed E-state index contributed by atoms with van der Waals surface area (Å²) in [6.07, 6.45) is 1.90. The first kappa shape index (κ1) is 18.5.